The van der Waals surface area contributed by atoms with Gasteiger partial charge in [0.05, 0.1) is 7.11 Å². The van der Waals surface area contributed by atoms with Crippen molar-refractivity contribution in [3.63, 3.8) is 0 Å². The Labute approximate surface area is 146 Å². The number of hydrogen-bond acceptors (Lipinski definition) is 4. The second-order valence-corrected chi connectivity index (χ2v) is 6.53. The van der Waals surface area contributed by atoms with Gasteiger partial charge in [-0.05, 0) is 48.2 Å². The molecule has 1 N–H and O–H groups in total. The summed E-state index contributed by atoms with van der Waals surface area (Å²) in [7, 11) is 1.46. The van der Waals surface area contributed by atoms with E-state index < -0.39 is 0 Å². The van der Waals surface area contributed by atoms with Crippen LogP contribution in [0, 0.1) is 5.82 Å². The second kappa shape index (κ2) is 6.75. The summed E-state index contributed by atoms with van der Waals surface area (Å²) in [6.07, 6.45) is 6.16. The summed E-state index contributed by atoms with van der Waals surface area (Å²) in [5.41, 5.74) is 3.36. The summed E-state index contributed by atoms with van der Waals surface area (Å²) in [5, 5.41) is 3.41. The molecule has 0 bridgehead atoms. The highest BCUT2D eigenvalue weighted by Gasteiger charge is 2.16. The molecule has 0 radical (unpaired) electrons. The van der Waals surface area contributed by atoms with Gasteiger partial charge in [0.1, 0.15) is 5.52 Å². The molecule has 2 aromatic carbocycles. The maximum atomic E-state index is 13.6. The van der Waals surface area contributed by atoms with Crippen LogP contribution in [0.5, 0.6) is 5.75 Å². The third-order valence-corrected chi connectivity index (χ3v) is 4.80. The molecule has 0 spiro atoms. The number of nitrogens with zero attached hydrogens (tertiary/aromatic N) is 1. The maximum Gasteiger partial charge on any atom is 0.295 e. The van der Waals surface area contributed by atoms with E-state index >= 15 is 0 Å². The van der Waals surface area contributed by atoms with E-state index in [-0.39, 0.29) is 11.6 Å². The number of ether oxygens (including phenoxy) is 1. The predicted molar refractivity (Wildman–Crippen MR) is 96.5 cm³/mol. The summed E-state index contributed by atoms with van der Waals surface area (Å²) in [4.78, 5) is 4.57. The number of oxazole rings is 1. The average molecular weight is 340 g/mol. The van der Waals surface area contributed by atoms with Crippen molar-refractivity contribution in [3.05, 3.63) is 42.2 Å². The number of benzene rings is 2. The van der Waals surface area contributed by atoms with Gasteiger partial charge in [-0.3, -0.25) is 0 Å². The van der Waals surface area contributed by atoms with Crippen molar-refractivity contribution in [2.45, 2.75) is 38.1 Å². The maximum absolute atomic E-state index is 13.6. The van der Waals surface area contributed by atoms with Gasteiger partial charge in [-0.2, -0.15) is 4.98 Å². The Morgan fingerprint density at radius 1 is 1.08 bits per heavy atom. The second-order valence-electron chi connectivity index (χ2n) is 6.53. The number of halogens is 1. The lowest BCUT2D eigenvalue weighted by molar-refractivity contribution is 0.387. The van der Waals surface area contributed by atoms with Crippen LogP contribution in [0.25, 0.3) is 22.2 Å². The van der Waals surface area contributed by atoms with Gasteiger partial charge >= 0.3 is 0 Å². The Kier molecular flexibility index (Phi) is 4.30. The highest BCUT2D eigenvalue weighted by Crippen LogP contribution is 2.30. The number of aromatic nitrogens is 1. The van der Waals surface area contributed by atoms with Gasteiger partial charge in [-0.25, -0.2) is 4.39 Å². The zero-order valence-corrected chi connectivity index (χ0v) is 14.2. The molecule has 0 saturated heterocycles. The van der Waals surface area contributed by atoms with Crippen molar-refractivity contribution < 1.29 is 13.5 Å². The van der Waals surface area contributed by atoms with Gasteiger partial charge in [-0.15, -0.1) is 0 Å². The van der Waals surface area contributed by atoms with Crippen LogP contribution in [0.2, 0.25) is 0 Å². The third kappa shape index (κ3) is 3.31. The van der Waals surface area contributed by atoms with Gasteiger partial charge in [0.2, 0.25) is 0 Å². The minimum Gasteiger partial charge on any atom is -0.494 e. The summed E-state index contributed by atoms with van der Waals surface area (Å²) in [6.45, 7) is 0. The quantitative estimate of drug-likeness (QED) is 0.692. The number of hydrogen-bond donors (Lipinski definition) is 1. The molecule has 1 fully saturated rings. The fourth-order valence-corrected chi connectivity index (χ4v) is 3.43. The number of fused-ring (bicyclic) bond motifs is 1. The summed E-state index contributed by atoms with van der Waals surface area (Å²) < 4.78 is 24.5. The van der Waals surface area contributed by atoms with Gasteiger partial charge < -0.3 is 14.5 Å². The summed E-state index contributed by atoms with van der Waals surface area (Å²) >= 11 is 0. The molecule has 1 aliphatic rings. The lowest BCUT2D eigenvalue weighted by Gasteiger charge is -2.21. The Hall–Kier alpha value is -2.56. The molecular weight excluding hydrogens is 319 g/mol. The molecule has 25 heavy (non-hydrogen) atoms. The number of rotatable bonds is 4. The summed E-state index contributed by atoms with van der Waals surface area (Å²) in [5.74, 6) is -0.134. The molecule has 130 valence electrons. The highest BCUT2D eigenvalue weighted by atomic mass is 19.1. The van der Waals surface area contributed by atoms with Crippen molar-refractivity contribution in [2.24, 2.45) is 0 Å². The fraction of sp³-hybridized carbons (Fsp3) is 0.350. The van der Waals surface area contributed by atoms with Crippen molar-refractivity contribution in [1.82, 2.24) is 4.98 Å². The zero-order chi connectivity index (χ0) is 17.2. The molecule has 4 nitrogen and oxygen atoms in total. The largest absolute Gasteiger partial charge is 0.494 e. The van der Waals surface area contributed by atoms with Crippen LogP contribution in [0.4, 0.5) is 10.4 Å². The number of nitrogens with one attached hydrogen (secondary N) is 1. The molecule has 1 saturated carbocycles. The molecule has 3 aromatic rings. The van der Waals surface area contributed by atoms with Gasteiger partial charge in [-0.1, -0.05) is 31.4 Å². The molecule has 1 heterocycles. The van der Waals surface area contributed by atoms with Crippen LogP contribution in [0.3, 0.4) is 0 Å². The topological polar surface area (TPSA) is 47.3 Å². The number of anilines is 1. The predicted octanol–water partition coefficient (Wildman–Crippen LogP) is 5.39. The van der Waals surface area contributed by atoms with Crippen LogP contribution in [-0.2, 0) is 0 Å². The molecule has 1 aliphatic carbocycles. The van der Waals surface area contributed by atoms with Crippen LogP contribution in [0.1, 0.15) is 32.1 Å². The normalized spacial score (nSPS) is 15.4. The zero-order valence-electron chi connectivity index (χ0n) is 14.2. The van der Waals surface area contributed by atoms with Crippen molar-refractivity contribution in [3.8, 4) is 16.9 Å². The summed E-state index contributed by atoms with van der Waals surface area (Å²) in [6, 6.07) is 11.7. The van der Waals surface area contributed by atoms with Crippen molar-refractivity contribution in [2.75, 3.05) is 12.4 Å². The van der Waals surface area contributed by atoms with E-state index in [0.29, 0.717) is 12.1 Å². The van der Waals surface area contributed by atoms with Crippen LogP contribution in [0.15, 0.2) is 40.8 Å². The van der Waals surface area contributed by atoms with E-state index in [1.807, 2.05) is 18.2 Å². The molecule has 0 aliphatic heterocycles. The number of methoxy groups -OCH3 is 1. The molecule has 0 atom stereocenters. The van der Waals surface area contributed by atoms with E-state index in [0.717, 1.165) is 22.2 Å². The first-order chi connectivity index (χ1) is 12.2. The first kappa shape index (κ1) is 15.9. The lowest BCUT2D eigenvalue weighted by atomic mass is 9.96. The van der Waals surface area contributed by atoms with E-state index in [9.17, 15) is 4.39 Å². The molecular formula is C20H21FN2O2. The molecule has 5 heteroatoms. The van der Waals surface area contributed by atoms with Crippen molar-refractivity contribution in [1.29, 1.82) is 0 Å². The Morgan fingerprint density at radius 3 is 2.64 bits per heavy atom. The third-order valence-electron chi connectivity index (χ3n) is 4.80. The van der Waals surface area contributed by atoms with Crippen LogP contribution in [-0.4, -0.2) is 18.1 Å². The Balaban J connectivity index is 1.61. The SMILES string of the molecule is COc1cc(-c2ccc3oc(NC4CCCCC4)nc3c2)ccc1F. The molecule has 0 amide bonds. The minimum atomic E-state index is -0.368. The van der Waals surface area contributed by atoms with Crippen LogP contribution >= 0.6 is 0 Å². The lowest BCUT2D eigenvalue weighted by Crippen LogP contribution is -2.22. The first-order valence-corrected chi connectivity index (χ1v) is 8.74. The first-order valence-electron chi connectivity index (χ1n) is 8.74. The smallest absolute Gasteiger partial charge is 0.295 e. The molecule has 0 unspecified atom stereocenters. The highest BCUT2D eigenvalue weighted by molar-refractivity contribution is 5.81. The van der Waals surface area contributed by atoms with Gasteiger partial charge in [0.15, 0.2) is 17.1 Å². The van der Waals surface area contributed by atoms with E-state index in [1.54, 1.807) is 12.1 Å². The Bertz CT molecular complexity index is 885. The molecule has 1 aromatic heterocycles. The van der Waals surface area contributed by atoms with Crippen LogP contribution < -0.4 is 10.1 Å². The minimum absolute atomic E-state index is 0.234. The van der Waals surface area contributed by atoms with E-state index in [2.05, 4.69) is 10.3 Å². The van der Waals surface area contributed by atoms with E-state index in [4.69, 9.17) is 9.15 Å². The fourth-order valence-electron chi connectivity index (χ4n) is 3.43. The van der Waals surface area contributed by atoms with E-state index in [1.165, 1.54) is 45.3 Å². The van der Waals surface area contributed by atoms with Crippen molar-refractivity contribution >= 4 is 17.1 Å². The monoisotopic (exact) mass is 340 g/mol. The van der Waals surface area contributed by atoms with Gasteiger partial charge in [0.25, 0.3) is 6.01 Å². The average Bonchev–Trinajstić information content (AvgIpc) is 3.04. The standard InChI is InChI=1S/C20H21FN2O2/c1-24-19-12-14(7-9-16(19)21)13-8-10-18-17(11-13)23-20(25-18)22-15-5-3-2-4-6-15/h7-12,15H,2-6H2,1H3,(H,22,23). The Morgan fingerprint density at radius 2 is 1.84 bits per heavy atom. The molecule has 4 rings (SSSR count). The van der Waals surface area contributed by atoms with Gasteiger partial charge in [0, 0.05) is 6.04 Å².